The van der Waals surface area contributed by atoms with Crippen LogP contribution < -0.4 is 5.32 Å². The predicted molar refractivity (Wildman–Crippen MR) is 86.5 cm³/mol. The van der Waals surface area contributed by atoms with E-state index in [1.54, 1.807) is 0 Å². The minimum Gasteiger partial charge on any atom is -0.478 e. The van der Waals surface area contributed by atoms with E-state index in [1.807, 2.05) is 6.92 Å². The molecule has 0 aliphatic rings. The van der Waals surface area contributed by atoms with Gasteiger partial charge in [0.2, 0.25) is 5.91 Å². The number of carboxylic acids is 1. The average molecular weight is 328 g/mol. The maximum absolute atomic E-state index is 11.8. The molecule has 1 rings (SSSR count). The standard InChI is InChI=1S/C16H22ClNO4/c1-10(2)8-11(3)22-7-6-15(19)18-12-4-5-13(16(20)21)14(17)9-12/h4-5,9-11H,6-8H2,1-3H3,(H,18,19)(H,20,21). The highest BCUT2D eigenvalue weighted by molar-refractivity contribution is 6.33. The van der Waals surface area contributed by atoms with Gasteiger partial charge in [0.25, 0.3) is 0 Å². The molecule has 0 saturated carbocycles. The van der Waals surface area contributed by atoms with Crippen LogP contribution in [0.5, 0.6) is 0 Å². The summed E-state index contributed by atoms with van der Waals surface area (Å²) in [6.07, 6.45) is 1.31. The van der Waals surface area contributed by atoms with E-state index in [9.17, 15) is 9.59 Å². The molecule has 22 heavy (non-hydrogen) atoms. The third kappa shape index (κ3) is 6.45. The largest absolute Gasteiger partial charge is 0.478 e. The molecule has 0 bridgehead atoms. The Labute approximate surface area is 135 Å². The van der Waals surface area contributed by atoms with Crippen molar-refractivity contribution in [3.63, 3.8) is 0 Å². The first-order valence-corrected chi connectivity index (χ1v) is 7.61. The molecule has 1 amide bonds. The summed E-state index contributed by atoms with van der Waals surface area (Å²) < 4.78 is 5.57. The van der Waals surface area contributed by atoms with Crippen LogP contribution in [-0.4, -0.2) is 29.7 Å². The normalized spacial score (nSPS) is 12.2. The van der Waals surface area contributed by atoms with Gasteiger partial charge in [-0.3, -0.25) is 4.79 Å². The molecule has 0 spiro atoms. The van der Waals surface area contributed by atoms with E-state index in [4.69, 9.17) is 21.4 Å². The molecule has 0 aromatic heterocycles. The van der Waals surface area contributed by atoms with E-state index < -0.39 is 5.97 Å². The van der Waals surface area contributed by atoms with E-state index in [1.165, 1.54) is 18.2 Å². The fourth-order valence-corrected chi connectivity index (χ4v) is 2.34. The predicted octanol–water partition coefficient (Wildman–Crippen LogP) is 3.82. The van der Waals surface area contributed by atoms with Crippen molar-refractivity contribution in [1.29, 1.82) is 0 Å². The summed E-state index contributed by atoms with van der Waals surface area (Å²) >= 11 is 5.85. The lowest BCUT2D eigenvalue weighted by Crippen LogP contribution is -2.18. The van der Waals surface area contributed by atoms with E-state index in [-0.39, 0.29) is 29.0 Å². The summed E-state index contributed by atoms with van der Waals surface area (Å²) in [5, 5.41) is 11.6. The van der Waals surface area contributed by atoms with Gasteiger partial charge in [-0.15, -0.1) is 0 Å². The molecule has 122 valence electrons. The maximum atomic E-state index is 11.8. The number of carbonyl (C=O) groups is 2. The highest BCUT2D eigenvalue weighted by atomic mass is 35.5. The molecule has 0 aliphatic heterocycles. The first kappa shape index (κ1) is 18.5. The summed E-state index contributed by atoms with van der Waals surface area (Å²) in [4.78, 5) is 22.6. The highest BCUT2D eigenvalue weighted by Gasteiger charge is 2.11. The third-order valence-corrected chi connectivity index (χ3v) is 3.33. The maximum Gasteiger partial charge on any atom is 0.337 e. The van der Waals surface area contributed by atoms with Crippen LogP contribution in [0.15, 0.2) is 18.2 Å². The van der Waals surface area contributed by atoms with Crippen LogP contribution in [0.25, 0.3) is 0 Å². The smallest absolute Gasteiger partial charge is 0.337 e. The zero-order chi connectivity index (χ0) is 16.7. The van der Waals surface area contributed by atoms with Crippen LogP contribution in [0.3, 0.4) is 0 Å². The van der Waals surface area contributed by atoms with Crippen LogP contribution in [0.2, 0.25) is 5.02 Å². The van der Waals surface area contributed by atoms with Crippen molar-refractivity contribution in [3.8, 4) is 0 Å². The number of nitrogens with one attached hydrogen (secondary N) is 1. The fraction of sp³-hybridized carbons (Fsp3) is 0.500. The van der Waals surface area contributed by atoms with Crippen molar-refractivity contribution in [1.82, 2.24) is 0 Å². The monoisotopic (exact) mass is 327 g/mol. The van der Waals surface area contributed by atoms with Crippen LogP contribution in [0.1, 0.15) is 44.0 Å². The van der Waals surface area contributed by atoms with Crippen LogP contribution in [-0.2, 0) is 9.53 Å². The Hall–Kier alpha value is -1.59. The van der Waals surface area contributed by atoms with Crippen molar-refractivity contribution < 1.29 is 19.4 Å². The number of hydrogen-bond acceptors (Lipinski definition) is 3. The van der Waals surface area contributed by atoms with E-state index in [0.717, 1.165) is 6.42 Å². The molecule has 1 unspecified atom stereocenters. The molecule has 1 aromatic rings. The van der Waals surface area contributed by atoms with Gasteiger partial charge >= 0.3 is 5.97 Å². The molecular formula is C16H22ClNO4. The number of halogens is 1. The van der Waals surface area contributed by atoms with Gasteiger partial charge < -0.3 is 15.2 Å². The molecule has 0 heterocycles. The Morgan fingerprint density at radius 3 is 2.55 bits per heavy atom. The lowest BCUT2D eigenvalue weighted by molar-refractivity contribution is -0.117. The van der Waals surface area contributed by atoms with Crippen LogP contribution in [0.4, 0.5) is 5.69 Å². The fourth-order valence-electron chi connectivity index (χ4n) is 2.07. The second-order valence-electron chi connectivity index (χ2n) is 5.61. The van der Waals surface area contributed by atoms with E-state index in [0.29, 0.717) is 18.2 Å². The zero-order valence-electron chi connectivity index (χ0n) is 13.1. The summed E-state index contributed by atoms with van der Waals surface area (Å²) in [5.74, 6) is -0.745. The average Bonchev–Trinajstić information content (AvgIpc) is 2.37. The molecule has 2 N–H and O–H groups in total. The Morgan fingerprint density at radius 2 is 2.00 bits per heavy atom. The van der Waals surface area contributed by atoms with Crippen molar-refractivity contribution >= 4 is 29.2 Å². The molecule has 6 heteroatoms. The zero-order valence-corrected chi connectivity index (χ0v) is 13.8. The second kappa shape index (κ2) is 8.76. The number of rotatable bonds is 8. The van der Waals surface area contributed by atoms with Crippen molar-refractivity contribution in [3.05, 3.63) is 28.8 Å². The first-order valence-electron chi connectivity index (χ1n) is 7.24. The van der Waals surface area contributed by atoms with Gasteiger partial charge in [-0.1, -0.05) is 25.4 Å². The van der Waals surface area contributed by atoms with Gasteiger partial charge in [-0.05, 0) is 37.5 Å². The van der Waals surface area contributed by atoms with Crippen LogP contribution in [0, 0.1) is 5.92 Å². The van der Waals surface area contributed by atoms with Crippen molar-refractivity contribution in [2.45, 2.75) is 39.7 Å². The lowest BCUT2D eigenvalue weighted by atomic mass is 10.1. The van der Waals surface area contributed by atoms with Crippen LogP contribution >= 0.6 is 11.6 Å². The van der Waals surface area contributed by atoms with Gasteiger partial charge in [-0.2, -0.15) is 0 Å². The SMILES string of the molecule is CC(C)CC(C)OCCC(=O)Nc1ccc(C(=O)O)c(Cl)c1. The first-order chi connectivity index (χ1) is 10.3. The number of aromatic carboxylic acids is 1. The Kier molecular flexibility index (Phi) is 7.35. The van der Waals surface area contributed by atoms with E-state index >= 15 is 0 Å². The van der Waals surface area contributed by atoms with Crippen molar-refractivity contribution in [2.75, 3.05) is 11.9 Å². The summed E-state index contributed by atoms with van der Waals surface area (Å²) in [5.41, 5.74) is 0.473. The number of amides is 1. The van der Waals surface area contributed by atoms with Gasteiger partial charge in [0, 0.05) is 5.69 Å². The third-order valence-electron chi connectivity index (χ3n) is 3.02. The number of carboxylic acid groups (broad SMARTS) is 1. The summed E-state index contributed by atoms with van der Waals surface area (Å²) in [6, 6.07) is 4.29. The molecule has 0 fully saturated rings. The topological polar surface area (TPSA) is 75.6 Å². The minimum atomic E-state index is -1.10. The van der Waals surface area contributed by atoms with Gasteiger partial charge in [-0.25, -0.2) is 4.79 Å². The molecule has 0 aliphatic carbocycles. The van der Waals surface area contributed by atoms with Gasteiger partial charge in [0.05, 0.1) is 29.7 Å². The Morgan fingerprint density at radius 1 is 1.32 bits per heavy atom. The number of anilines is 1. The van der Waals surface area contributed by atoms with E-state index in [2.05, 4.69) is 19.2 Å². The molecule has 1 atom stereocenters. The molecular weight excluding hydrogens is 306 g/mol. The number of hydrogen-bond donors (Lipinski definition) is 2. The Bertz CT molecular complexity index is 531. The second-order valence-corrected chi connectivity index (χ2v) is 6.02. The van der Waals surface area contributed by atoms with Gasteiger partial charge in [0.1, 0.15) is 0 Å². The molecule has 0 saturated heterocycles. The number of benzene rings is 1. The molecule has 1 aromatic carbocycles. The molecule has 0 radical (unpaired) electrons. The number of carbonyl (C=O) groups excluding carboxylic acids is 1. The minimum absolute atomic E-state index is 0.00510. The van der Waals surface area contributed by atoms with Crippen molar-refractivity contribution in [2.24, 2.45) is 5.92 Å². The summed E-state index contributed by atoms with van der Waals surface area (Å²) in [7, 11) is 0. The lowest BCUT2D eigenvalue weighted by Gasteiger charge is -2.15. The number of ether oxygens (including phenoxy) is 1. The Balaban J connectivity index is 2.42. The molecule has 5 nitrogen and oxygen atoms in total. The highest BCUT2D eigenvalue weighted by Crippen LogP contribution is 2.21. The van der Waals surface area contributed by atoms with Gasteiger partial charge in [0.15, 0.2) is 0 Å². The summed E-state index contributed by atoms with van der Waals surface area (Å²) in [6.45, 7) is 6.58. The quantitative estimate of drug-likeness (QED) is 0.761.